The van der Waals surface area contributed by atoms with Crippen molar-refractivity contribution in [1.29, 1.82) is 0 Å². The van der Waals surface area contributed by atoms with E-state index in [9.17, 15) is 4.79 Å². The van der Waals surface area contributed by atoms with E-state index >= 15 is 0 Å². The number of unbranched alkanes of at least 4 members (excludes halogenated alkanes) is 13. The molecule has 0 bridgehead atoms. The van der Waals surface area contributed by atoms with E-state index < -0.39 is 5.97 Å². The van der Waals surface area contributed by atoms with Crippen LogP contribution in [0.5, 0.6) is 0 Å². The van der Waals surface area contributed by atoms with Gasteiger partial charge in [0.15, 0.2) is 0 Å². The van der Waals surface area contributed by atoms with Gasteiger partial charge in [0.25, 0.3) is 0 Å². The Kier molecular flexibility index (Phi) is 20.4. The van der Waals surface area contributed by atoms with E-state index in [0.717, 1.165) is 30.4 Å². The van der Waals surface area contributed by atoms with Crippen molar-refractivity contribution in [3.63, 3.8) is 0 Å². The van der Waals surface area contributed by atoms with Crippen LogP contribution in [0, 0.1) is 0 Å². The monoisotopic (exact) mass is 440 g/mol. The van der Waals surface area contributed by atoms with Crippen LogP contribution in [0.3, 0.4) is 0 Å². The smallest absolute Gasteiger partial charge is 0.303 e. The summed E-state index contributed by atoms with van der Waals surface area (Å²) in [4.78, 5) is 10.8. The number of ether oxygens (including phenoxy) is 1. The predicted molar refractivity (Wildman–Crippen MR) is 134 cm³/mol. The summed E-state index contributed by atoms with van der Waals surface area (Å²) in [6.45, 7) is 8.46. The molecule has 1 unspecified atom stereocenters. The van der Waals surface area contributed by atoms with Crippen LogP contribution in [0.4, 0.5) is 0 Å². The van der Waals surface area contributed by atoms with Crippen LogP contribution in [0.2, 0.25) is 0 Å². The lowest BCUT2D eigenvalue weighted by molar-refractivity contribution is -0.893. The van der Waals surface area contributed by atoms with Crippen molar-refractivity contribution >= 4 is 5.97 Å². The second-order valence-electron chi connectivity index (χ2n) is 9.97. The second kappa shape index (κ2) is 21.0. The summed E-state index contributed by atoms with van der Waals surface area (Å²) in [5.74, 6) is -0.707. The van der Waals surface area contributed by atoms with Gasteiger partial charge in [0.05, 0.1) is 33.7 Å². The molecule has 4 heteroatoms. The van der Waals surface area contributed by atoms with Crippen LogP contribution in [0.15, 0.2) is 12.7 Å². The Balaban J connectivity index is 3.77. The number of carboxylic acids is 1. The third kappa shape index (κ3) is 22.1. The predicted octanol–water partition coefficient (Wildman–Crippen LogP) is 7.37. The molecule has 0 heterocycles. The Hall–Kier alpha value is -0.870. The van der Waals surface area contributed by atoms with Crippen molar-refractivity contribution in [2.45, 2.75) is 122 Å². The second-order valence-corrected chi connectivity index (χ2v) is 9.97. The lowest BCUT2D eigenvalue weighted by atomic mass is 10.0. The summed E-state index contributed by atoms with van der Waals surface area (Å²) in [5, 5.41) is 8.86. The topological polar surface area (TPSA) is 46.5 Å². The average Bonchev–Trinajstić information content (AvgIpc) is 2.71. The van der Waals surface area contributed by atoms with Gasteiger partial charge in [-0.2, -0.15) is 0 Å². The molecule has 184 valence electrons. The van der Waals surface area contributed by atoms with Crippen molar-refractivity contribution in [3.05, 3.63) is 12.7 Å². The first kappa shape index (κ1) is 30.1. The summed E-state index contributed by atoms with van der Waals surface area (Å²) < 4.78 is 6.83. The standard InChI is InChI=1S/C27H53NO3/c1-5-7-8-9-10-11-12-13-14-15-16-17-18-19-21-26(31-24-6-2)25-28(3,4)23-20-22-27(29)30/h6,26H,2,5,7-25H2,1,3-4H3/p+1. The molecule has 1 N–H and O–H groups in total. The highest BCUT2D eigenvalue weighted by Gasteiger charge is 2.22. The number of hydrogen-bond donors (Lipinski definition) is 1. The van der Waals surface area contributed by atoms with Crippen LogP contribution in [0.25, 0.3) is 0 Å². The van der Waals surface area contributed by atoms with Crippen LogP contribution >= 0.6 is 0 Å². The zero-order valence-corrected chi connectivity index (χ0v) is 21.2. The van der Waals surface area contributed by atoms with Crippen molar-refractivity contribution in [1.82, 2.24) is 0 Å². The number of hydrogen-bond acceptors (Lipinski definition) is 2. The van der Waals surface area contributed by atoms with E-state index in [1.54, 1.807) is 0 Å². The third-order valence-corrected chi connectivity index (χ3v) is 6.18. The highest BCUT2D eigenvalue weighted by Crippen LogP contribution is 2.16. The Morgan fingerprint density at radius 1 is 0.871 bits per heavy atom. The van der Waals surface area contributed by atoms with Gasteiger partial charge in [0, 0.05) is 6.42 Å². The first-order valence-corrected chi connectivity index (χ1v) is 13.2. The van der Waals surface area contributed by atoms with Gasteiger partial charge in [-0.05, 0) is 6.42 Å². The van der Waals surface area contributed by atoms with Gasteiger partial charge in [-0.1, -0.05) is 103 Å². The molecule has 0 aromatic heterocycles. The van der Waals surface area contributed by atoms with Crippen LogP contribution < -0.4 is 0 Å². The molecule has 0 saturated heterocycles. The SMILES string of the molecule is C=CCOC(CCCCCCCCCCCCCCCC)C[N+](C)(C)CCCC(=O)O. The fourth-order valence-electron chi connectivity index (χ4n) is 4.30. The number of likely N-dealkylation sites (N-methyl/N-ethyl adjacent to an activating group) is 1. The zero-order valence-electron chi connectivity index (χ0n) is 21.2. The molecule has 31 heavy (non-hydrogen) atoms. The van der Waals surface area contributed by atoms with E-state index in [1.807, 2.05) is 6.08 Å². The molecule has 0 radical (unpaired) electrons. The number of nitrogens with zero attached hydrogens (tertiary/aromatic N) is 1. The van der Waals surface area contributed by atoms with Crippen LogP contribution in [-0.4, -0.2) is 55.5 Å². The first-order valence-electron chi connectivity index (χ1n) is 13.2. The Morgan fingerprint density at radius 3 is 1.81 bits per heavy atom. The minimum atomic E-state index is -0.707. The van der Waals surface area contributed by atoms with Gasteiger partial charge >= 0.3 is 5.97 Å². The van der Waals surface area contributed by atoms with Gasteiger partial charge < -0.3 is 14.3 Å². The van der Waals surface area contributed by atoms with Crippen LogP contribution in [-0.2, 0) is 9.53 Å². The molecule has 0 amide bonds. The summed E-state index contributed by atoms with van der Waals surface area (Å²) in [5.41, 5.74) is 0. The molecule has 0 aromatic carbocycles. The van der Waals surface area contributed by atoms with Gasteiger partial charge in [0.1, 0.15) is 12.6 Å². The fraction of sp³-hybridized carbons (Fsp3) is 0.889. The van der Waals surface area contributed by atoms with Crippen molar-refractivity contribution in [3.8, 4) is 0 Å². The molecule has 0 aromatic rings. The van der Waals surface area contributed by atoms with Crippen molar-refractivity contribution < 1.29 is 19.1 Å². The number of aliphatic carboxylic acids is 1. The summed E-state index contributed by atoms with van der Waals surface area (Å²) in [6.07, 6.45) is 23.4. The number of rotatable bonds is 24. The molecule has 0 aliphatic heterocycles. The van der Waals surface area contributed by atoms with Crippen LogP contribution in [0.1, 0.15) is 116 Å². The average molecular weight is 441 g/mol. The van der Waals surface area contributed by atoms with Gasteiger partial charge in [-0.15, -0.1) is 6.58 Å². The largest absolute Gasteiger partial charge is 0.481 e. The highest BCUT2D eigenvalue weighted by atomic mass is 16.5. The number of quaternary nitrogens is 1. The van der Waals surface area contributed by atoms with E-state index in [0.29, 0.717) is 6.61 Å². The summed E-state index contributed by atoms with van der Waals surface area (Å²) in [7, 11) is 4.36. The summed E-state index contributed by atoms with van der Waals surface area (Å²) in [6, 6.07) is 0. The molecular formula is C27H54NO3+. The molecule has 0 rings (SSSR count). The molecular weight excluding hydrogens is 386 g/mol. The molecule has 4 nitrogen and oxygen atoms in total. The maximum Gasteiger partial charge on any atom is 0.303 e. The lowest BCUT2D eigenvalue weighted by Gasteiger charge is -2.33. The Bertz CT molecular complexity index is 423. The normalized spacial score (nSPS) is 12.7. The zero-order chi connectivity index (χ0) is 23.2. The minimum absolute atomic E-state index is 0.232. The van der Waals surface area contributed by atoms with Gasteiger partial charge in [-0.3, -0.25) is 4.79 Å². The first-order chi connectivity index (χ1) is 14.9. The van der Waals surface area contributed by atoms with E-state index in [4.69, 9.17) is 9.84 Å². The molecule has 0 spiro atoms. The highest BCUT2D eigenvalue weighted by molar-refractivity contribution is 5.66. The summed E-state index contributed by atoms with van der Waals surface area (Å²) >= 11 is 0. The van der Waals surface area contributed by atoms with Crippen molar-refractivity contribution in [2.24, 2.45) is 0 Å². The molecule has 1 atom stereocenters. The third-order valence-electron chi connectivity index (χ3n) is 6.18. The molecule has 0 aliphatic rings. The molecule has 0 fully saturated rings. The Labute approximate surface area is 194 Å². The molecule has 0 saturated carbocycles. The quantitative estimate of drug-likeness (QED) is 0.0968. The molecule has 0 aliphatic carbocycles. The maximum atomic E-state index is 10.8. The van der Waals surface area contributed by atoms with Gasteiger partial charge in [-0.25, -0.2) is 0 Å². The fourth-order valence-corrected chi connectivity index (χ4v) is 4.30. The van der Waals surface area contributed by atoms with E-state index in [2.05, 4.69) is 27.6 Å². The lowest BCUT2D eigenvalue weighted by Crippen LogP contribution is -2.46. The van der Waals surface area contributed by atoms with Crippen molar-refractivity contribution in [2.75, 3.05) is 33.8 Å². The van der Waals surface area contributed by atoms with Gasteiger partial charge in [0.2, 0.25) is 0 Å². The maximum absolute atomic E-state index is 10.8. The minimum Gasteiger partial charge on any atom is -0.481 e. The Morgan fingerprint density at radius 2 is 1.35 bits per heavy atom. The van der Waals surface area contributed by atoms with E-state index in [1.165, 1.54) is 89.9 Å². The van der Waals surface area contributed by atoms with E-state index in [-0.39, 0.29) is 12.5 Å². The number of carbonyl (C=O) groups is 1. The number of carboxylic acid groups (broad SMARTS) is 1.